The molecule has 0 radical (unpaired) electrons. The first-order valence-corrected chi connectivity index (χ1v) is 45.4. The van der Waals surface area contributed by atoms with Crippen molar-refractivity contribution in [3.8, 4) is 0 Å². The second-order valence-corrected chi connectivity index (χ2v) is 32.3. The van der Waals surface area contributed by atoms with Gasteiger partial charge in [-0.3, -0.25) is 33.6 Å². The van der Waals surface area contributed by atoms with Gasteiger partial charge in [0.1, 0.15) is 30.0 Å². The highest BCUT2D eigenvalue weighted by atomic mass is 16.6. The quantitative estimate of drug-likeness (QED) is 0.0270. The minimum absolute atomic E-state index is 0.0274. The molecule has 0 heterocycles. The Morgan fingerprint density at radius 2 is 0.518 bits per heavy atom. The van der Waals surface area contributed by atoms with Crippen molar-refractivity contribution in [2.75, 3.05) is 65.4 Å². The van der Waals surface area contributed by atoms with E-state index in [0.717, 1.165) is 296 Å². The molecule has 0 bridgehead atoms. The molecule has 4 atom stereocenters. The molecule has 4 unspecified atom stereocenters. The molecule has 4 N–H and O–H groups in total. The highest BCUT2D eigenvalue weighted by Gasteiger charge is 2.21. The van der Waals surface area contributed by atoms with Gasteiger partial charge in [-0.05, 0) is 226 Å². The predicted octanol–water partition coefficient (Wildman–Crippen LogP) is 21.7. The molecule has 0 fully saturated rings. The number of nitrogens with zero attached hydrogens (tertiary/aromatic N) is 2. The van der Waals surface area contributed by atoms with E-state index in [1.807, 2.05) is 0 Å². The number of nitrogens with one attached hydrogen (secondary N) is 4. The van der Waals surface area contributed by atoms with Gasteiger partial charge < -0.3 is 54.8 Å². The number of carbonyl (C=O) groups excluding carboxylic acids is 8. The number of hydrogen-bond acceptors (Lipinski definition) is 15. The third kappa shape index (κ3) is 59.4. The summed E-state index contributed by atoms with van der Waals surface area (Å²) in [4.78, 5) is 110. The second-order valence-electron chi connectivity index (χ2n) is 32.3. The van der Waals surface area contributed by atoms with E-state index in [4.69, 9.17) is 23.7 Å². The molecule has 0 aromatic heterocycles. The monoisotopic (exact) mass is 1550 g/mol. The molecule has 0 aliphatic rings. The lowest BCUT2D eigenvalue weighted by Gasteiger charge is -2.22. The van der Waals surface area contributed by atoms with Gasteiger partial charge in [0.05, 0.1) is 0 Å². The average molecular weight is 1550 g/mol. The molecule has 0 saturated heterocycles. The van der Waals surface area contributed by atoms with E-state index >= 15 is 0 Å². The van der Waals surface area contributed by atoms with E-state index in [1.54, 1.807) is 39.0 Å². The maximum Gasteiger partial charge on any atom is 0.407 e. The van der Waals surface area contributed by atoms with Crippen LogP contribution in [0.15, 0.2) is 18.2 Å². The van der Waals surface area contributed by atoms with Crippen molar-refractivity contribution in [3.63, 3.8) is 0 Å². The normalized spacial score (nSPS) is 12.7. The van der Waals surface area contributed by atoms with Crippen LogP contribution in [-0.4, -0.2) is 153 Å². The number of carbonyl (C=O) groups is 8. The van der Waals surface area contributed by atoms with Gasteiger partial charge in [-0.25, -0.2) is 4.79 Å². The number of alkyl carbamates (subject to hydrolysis) is 1. The van der Waals surface area contributed by atoms with Crippen LogP contribution in [0, 0.1) is 0 Å². The Morgan fingerprint density at radius 3 is 0.764 bits per heavy atom. The summed E-state index contributed by atoms with van der Waals surface area (Å²) in [5.41, 5.74) is -0.0324. The molecule has 638 valence electrons. The fourth-order valence-electron chi connectivity index (χ4n) is 13.9. The zero-order chi connectivity index (χ0) is 80.9. The van der Waals surface area contributed by atoms with Crippen LogP contribution in [0.2, 0.25) is 0 Å². The number of amides is 4. The fourth-order valence-corrected chi connectivity index (χ4v) is 13.9. The fraction of sp³-hybridized carbons (Fsp3) is 0.846. The second kappa shape index (κ2) is 70.3. The summed E-state index contributed by atoms with van der Waals surface area (Å²) in [7, 11) is 0. The molecule has 1 aromatic rings. The maximum atomic E-state index is 14.2. The largest absolute Gasteiger partial charge is 0.462 e. The number of ether oxygens (including phenoxy) is 5. The van der Waals surface area contributed by atoms with Crippen LogP contribution in [0.25, 0.3) is 0 Å². The molecule has 0 aliphatic carbocycles. The molecular formula is C91H166N6O13. The van der Waals surface area contributed by atoms with Gasteiger partial charge in [0.25, 0.3) is 17.7 Å². The van der Waals surface area contributed by atoms with Crippen LogP contribution < -0.4 is 21.3 Å². The first-order chi connectivity index (χ1) is 53.2. The Morgan fingerprint density at radius 1 is 0.291 bits per heavy atom. The van der Waals surface area contributed by atoms with Crippen molar-refractivity contribution >= 4 is 47.7 Å². The van der Waals surface area contributed by atoms with Gasteiger partial charge in [0.2, 0.25) is 0 Å². The Kier molecular flexibility index (Phi) is 65.7. The van der Waals surface area contributed by atoms with Crippen molar-refractivity contribution < 1.29 is 62.0 Å². The van der Waals surface area contributed by atoms with Gasteiger partial charge in [0.15, 0.2) is 0 Å². The van der Waals surface area contributed by atoms with Crippen molar-refractivity contribution in [1.29, 1.82) is 0 Å². The molecular weight excluding hydrogens is 1390 g/mol. The molecule has 4 amide bonds. The molecule has 1 aromatic carbocycles. The van der Waals surface area contributed by atoms with Crippen molar-refractivity contribution in [2.24, 2.45) is 0 Å². The van der Waals surface area contributed by atoms with Gasteiger partial charge in [0, 0.05) is 68.6 Å². The van der Waals surface area contributed by atoms with Gasteiger partial charge in [-0.2, -0.15) is 0 Å². The van der Waals surface area contributed by atoms with Crippen molar-refractivity contribution in [1.82, 2.24) is 31.1 Å². The topological polar surface area (TPSA) is 237 Å². The number of esters is 4. The molecule has 0 aliphatic heterocycles. The van der Waals surface area contributed by atoms with Gasteiger partial charge in [-0.15, -0.1) is 0 Å². The predicted molar refractivity (Wildman–Crippen MR) is 451 cm³/mol. The van der Waals surface area contributed by atoms with E-state index in [0.29, 0.717) is 58.0 Å². The first kappa shape index (κ1) is 103. The summed E-state index contributed by atoms with van der Waals surface area (Å²) in [6, 6.07) is 4.65. The third-order valence-electron chi connectivity index (χ3n) is 20.9. The van der Waals surface area contributed by atoms with E-state index in [9.17, 15) is 38.4 Å². The van der Waals surface area contributed by atoms with Gasteiger partial charge >= 0.3 is 30.0 Å². The molecule has 0 spiro atoms. The van der Waals surface area contributed by atoms with Gasteiger partial charge in [-0.1, -0.05) is 209 Å². The molecule has 19 heteroatoms. The number of benzene rings is 1. The Labute approximate surface area is 671 Å². The maximum absolute atomic E-state index is 14.2. The standard InChI is InChI=1S/C91H166N6O13/c1-12-20-40-55-79(16-5)106-83(98)59-44-32-24-28-36-48-67-96(68-49-37-29-25-33-45-60-84(99)107-80(17-6)56-41-21-13-2)71-53-65-93-88(103)77-73-76(87(102)92-63-52-64-95-90(105)110-91(9,10)11)74-78(75-77)89(104)94-66-54-72-97(69-50-38-30-26-34-46-61-85(100)108-81(18-7)57-42-22-14-3)70-51-39-31-27-35-47-62-86(101)109-82(19-8)58-43-23-15-4/h73-75,79-82H,12-72H2,1-11H3,(H,92,102)(H,93,103)(H,94,104)(H,95,105). The Bertz CT molecular complexity index is 2260. The SMILES string of the molecule is CCCCCC(CC)OC(=O)CCCCCCCCN(CCCCCCCCC(=O)OC(CC)CCCCC)CCCNC(=O)c1cc(C(=O)NCCCNC(=O)OC(C)(C)C)cc(C(=O)NCCCN(CCCCCCCCC(=O)OC(CC)CCCCC)CCCCCCCCC(=O)OC(CC)CCCCC)c1. The summed E-state index contributed by atoms with van der Waals surface area (Å²) < 4.78 is 28.6. The number of unbranched alkanes of at least 4 members (excludes halogenated alkanes) is 28. The number of hydrogen-bond donors (Lipinski definition) is 4. The Balaban J connectivity index is 3.15. The van der Waals surface area contributed by atoms with Crippen LogP contribution in [0.1, 0.15) is 435 Å². The van der Waals surface area contributed by atoms with Crippen molar-refractivity contribution in [3.05, 3.63) is 34.9 Å². The lowest BCUT2D eigenvalue weighted by molar-refractivity contribution is -0.150. The van der Waals surface area contributed by atoms with E-state index in [1.165, 1.54) is 25.7 Å². The third-order valence-corrected chi connectivity index (χ3v) is 20.9. The smallest absolute Gasteiger partial charge is 0.407 e. The van der Waals surface area contributed by atoms with Crippen LogP contribution >= 0.6 is 0 Å². The van der Waals surface area contributed by atoms with Crippen LogP contribution in [0.5, 0.6) is 0 Å². The highest BCUT2D eigenvalue weighted by Crippen LogP contribution is 2.21. The first-order valence-electron chi connectivity index (χ1n) is 45.4. The molecule has 0 saturated carbocycles. The lowest BCUT2D eigenvalue weighted by Crippen LogP contribution is -2.34. The summed E-state index contributed by atoms with van der Waals surface area (Å²) >= 11 is 0. The van der Waals surface area contributed by atoms with Crippen LogP contribution in [-0.2, 0) is 42.9 Å². The average Bonchev–Trinajstić information content (AvgIpc) is 0.826. The zero-order valence-electron chi connectivity index (χ0n) is 72.4. The molecule has 110 heavy (non-hydrogen) atoms. The highest BCUT2D eigenvalue weighted by molar-refractivity contribution is 6.04. The zero-order valence-corrected chi connectivity index (χ0v) is 72.4. The number of rotatable bonds is 75. The lowest BCUT2D eigenvalue weighted by atomic mass is 10.0. The summed E-state index contributed by atoms with van der Waals surface area (Å²) in [6.07, 6.45) is 49.0. The van der Waals surface area contributed by atoms with E-state index in [2.05, 4.69) is 86.5 Å². The van der Waals surface area contributed by atoms with E-state index < -0.39 is 17.6 Å². The van der Waals surface area contributed by atoms with E-state index in [-0.39, 0.29) is 89.9 Å². The molecule has 1 rings (SSSR count). The van der Waals surface area contributed by atoms with Crippen molar-refractivity contribution in [2.45, 2.75) is 434 Å². The molecule has 19 nitrogen and oxygen atoms in total. The van der Waals surface area contributed by atoms with Crippen LogP contribution in [0.3, 0.4) is 0 Å². The summed E-state index contributed by atoms with van der Waals surface area (Å²) in [6.45, 7) is 29.2. The minimum Gasteiger partial charge on any atom is -0.462 e. The summed E-state index contributed by atoms with van der Waals surface area (Å²) in [5.74, 6) is -1.46. The summed E-state index contributed by atoms with van der Waals surface area (Å²) in [5, 5.41) is 11.9. The Hall–Kier alpha value is -5.30. The van der Waals surface area contributed by atoms with Crippen LogP contribution in [0.4, 0.5) is 4.79 Å². The minimum atomic E-state index is -0.647.